The first kappa shape index (κ1) is 6.46. The predicted octanol–water partition coefficient (Wildman–Crippen LogP) is 0.416. The minimum Gasteiger partial charge on any atom is -0.417 e. The van der Waals surface area contributed by atoms with Gasteiger partial charge in [-0.25, -0.2) is 0 Å². The smallest absolute Gasteiger partial charge is 0.218 e. The molecule has 0 aromatic carbocycles. The van der Waals surface area contributed by atoms with Crippen molar-refractivity contribution in [1.29, 1.82) is 0 Å². The molecule has 0 saturated heterocycles. The maximum Gasteiger partial charge on any atom is 0.218 e. The maximum atomic E-state index is 4.25. The fourth-order valence-electron chi connectivity index (χ4n) is 1.36. The third-order valence-electron chi connectivity index (χ3n) is 2.03. The number of aromatic nitrogens is 1. The predicted molar refractivity (Wildman–Crippen MR) is 47.4 cm³/mol. The number of hydrogen-bond acceptors (Lipinski definition) is 2. The Labute approximate surface area is 67.0 Å². The zero-order valence-electron chi connectivity index (χ0n) is 6.54. The highest BCUT2D eigenvalue weighted by molar-refractivity contribution is 6.10. The van der Waals surface area contributed by atoms with Crippen LogP contribution in [0.4, 0.5) is 0 Å². The second-order valence-electron chi connectivity index (χ2n) is 2.81. The van der Waals surface area contributed by atoms with Crippen molar-refractivity contribution < 1.29 is 0 Å². The summed E-state index contributed by atoms with van der Waals surface area (Å²) in [6.45, 7) is 4.89. The highest BCUT2D eigenvalue weighted by Gasteiger charge is 2.18. The van der Waals surface area contributed by atoms with Crippen LogP contribution in [0.2, 0.25) is 0 Å². The van der Waals surface area contributed by atoms with E-state index in [9.17, 15) is 0 Å². The molecular formula is C8H9BN2. The first-order valence-corrected chi connectivity index (χ1v) is 3.63. The van der Waals surface area contributed by atoms with E-state index in [0.717, 1.165) is 17.9 Å². The van der Waals surface area contributed by atoms with Gasteiger partial charge in [-0.3, -0.25) is 4.98 Å². The van der Waals surface area contributed by atoms with E-state index in [-0.39, 0.29) is 0 Å². The zero-order chi connectivity index (χ0) is 7.84. The average Bonchev–Trinajstić information content (AvgIpc) is 2.30. The lowest BCUT2D eigenvalue weighted by Gasteiger charge is -2.09. The van der Waals surface area contributed by atoms with Gasteiger partial charge in [0.05, 0.1) is 5.69 Å². The fraction of sp³-hybridized carbons (Fsp3) is 0.125. The molecule has 0 fully saturated rings. The number of hydrogen-bond donors (Lipinski definition) is 0. The van der Waals surface area contributed by atoms with Gasteiger partial charge in [-0.05, 0) is 11.6 Å². The standard InChI is InChI=1S/C8H9BN2/c1-6-8-7(5-11(6)9)3-2-4-10-8/h2-4H,1,5,9H2. The molecule has 2 rings (SSSR count). The lowest BCUT2D eigenvalue weighted by Crippen LogP contribution is -2.08. The Bertz CT molecular complexity index is 309. The van der Waals surface area contributed by atoms with Crippen LogP contribution in [0.15, 0.2) is 24.9 Å². The van der Waals surface area contributed by atoms with Gasteiger partial charge in [0.15, 0.2) is 0 Å². The number of rotatable bonds is 0. The largest absolute Gasteiger partial charge is 0.417 e. The Morgan fingerprint density at radius 3 is 3.18 bits per heavy atom. The van der Waals surface area contributed by atoms with E-state index in [1.165, 1.54) is 5.56 Å². The SMILES string of the molecule is BN1Cc2cccnc2C1=C. The molecule has 11 heavy (non-hydrogen) atoms. The number of pyridine rings is 1. The molecule has 0 bridgehead atoms. The summed E-state index contributed by atoms with van der Waals surface area (Å²) in [5.41, 5.74) is 3.36. The molecule has 1 aromatic rings. The van der Waals surface area contributed by atoms with Crippen molar-refractivity contribution in [1.82, 2.24) is 9.79 Å². The quantitative estimate of drug-likeness (QED) is 0.490. The van der Waals surface area contributed by atoms with Gasteiger partial charge in [-0.15, -0.1) is 0 Å². The van der Waals surface area contributed by atoms with Gasteiger partial charge >= 0.3 is 0 Å². The summed E-state index contributed by atoms with van der Waals surface area (Å²) in [7, 11) is 2.03. The van der Waals surface area contributed by atoms with E-state index in [2.05, 4.69) is 22.4 Å². The molecule has 1 aliphatic rings. The molecule has 54 valence electrons. The summed E-state index contributed by atoms with van der Waals surface area (Å²) in [4.78, 5) is 6.36. The molecule has 3 heteroatoms. The Morgan fingerprint density at radius 1 is 1.64 bits per heavy atom. The third-order valence-corrected chi connectivity index (χ3v) is 2.03. The Hall–Kier alpha value is -1.25. The summed E-state index contributed by atoms with van der Waals surface area (Å²) >= 11 is 0. The molecular weight excluding hydrogens is 135 g/mol. The van der Waals surface area contributed by atoms with Crippen LogP contribution in [0.25, 0.3) is 5.70 Å². The van der Waals surface area contributed by atoms with Gasteiger partial charge in [0.25, 0.3) is 0 Å². The van der Waals surface area contributed by atoms with Gasteiger partial charge in [0.1, 0.15) is 0 Å². The van der Waals surface area contributed by atoms with Crippen molar-refractivity contribution >= 4 is 13.7 Å². The lowest BCUT2D eigenvalue weighted by atomic mass is 10.2. The van der Waals surface area contributed by atoms with E-state index in [1.807, 2.05) is 20.2 Å². The van der Waals surface area contributed by atoms with Gasteiger partial charge in [-0.2, -0.15) is 0 Å². The maximum absolute atomic E-state index is 4.25. The van der Waals surface area contributed by atoms with Crippen LogP contribution in [-0.2, 0) is 6.54 Å². The first-order chi connectivity index (χ1) is 5.29. The highest BCUT2D eigenvalue weighted by atomic mass is 15.1. The molecule has 0 aliphatic carbocycles. The summed E-state index contributed by atoms with van der Waals surface area (Å²) in [5.74, 6) is 0. The van der Waals surface area contributed by atoms with Crippen molar-refractivity contribution in [3.05, 3.63) is 36.2 Å². The monoisotopic (exact) mass is 144 g/mol. The minimum absolute atomic E-state index is 0.946. The Morgan fingerprint density at radius 2 is 2.45 bits per heavy atom. The number of nitrogens with zero attached hydrogens (tertiary/aromatic N) is 2. The second kappa shape index (κ2) is 2.12. The van der Waals surface area contributed by atoms with Crippen molar-refractivity contribution in [3.63, 3.8) is 0 Å². The fourth-order valence-corrected chi connectivity index (χ4v) is 1.36. The molecule has 1 aliphatic heterocycles. The van der Waals surface area contributed by atoms with Crippen LogP contribution in [0.3, 0.4) is 0 Å². The normalized spacial score (nSPS) is 15.3. The zero-order valence-corrected chi connectivity index (χ0v) is 6.54. The summed E-state index contributed by atoms with van der Waals surface area (Å²) in [5, 5.41) is 0. The Kier molecular flexibility index (Phi) is 1.25. The van der Waals surface area contributed by atoms with Crippen LogP contribution >= 0.6 is 0 Å². The van der Waals surface area contributed by atoms with Crippen LogP contribution < -0.4 is 0 Å². The van der Waals surface area contributed by atoms with Gasteiger partial charge in [0, 0.05) is 18.4 Å². The van der Waals surface area contributed by atoms with Gasteiger partial charge in [0.2, 0.25) is 7.98 Å². The molecule has 0 spiro atoms. The van der Waals surface area contributed by atoms with Crippen LogP contribution in [-0.4, -0.2) is 17.8 Å². The average molecular weight is 144 g/mol. The van der Waals surface area contributed by atoms with Crippen molar-refractivity contribution in [2.45, 2.75) is 6.54 Å². The Balaban J connectivity index is 2.55. The molecule has 0 N–H and O–H groups in total. The highest BCUT2D eigenvalue weighted by Crippen LogP contribution is 2.26. The molecule has 0 amide bonds. The second-order valence-corrected chi connectivity index (χ2v) is 2.81. The van der Waals surface area contributed by atoms with Crippen molar-refractivity contribution in [3.8, 4) is 0 Å². The van der Waals surface area contributed by atoms with E-state index in [1.54, 1.807) is 0 Å². The molecule has 0 atom stereocenters. The summed E-state index contributed by atoms with van der Waals surface area (Å²) < 4.78 is 0. The van der Waals surface area contributed by atoms with E-state index in [0.29, 0.717) is 0 Å². The molecule has 2 heterocycles. The molecule has 0 unspecified atom stereocenters. The number of fused-ring (bicyclic) bond motifs is 1. The van der Waals surface area contributed by atoms with Gasteiger partial charge in [-0.1, -0.05) is 12.6 Å². The van der Waals surface area contributed by atoms with Crippen LogP contribution in [0, 0.1) is 0 Å². The lowest BCUT2D eigenvalue weighted by molar-refractivity contribution is 0.659. The summed E-state index contributed by atoms with van der Waals surface area (Å²) in [6.07, 6.45) is 1.81. The van der Waals surface area contributed by atoms with Gasteiger partial charge < -0.3 is 4.81 Å². The third kappa shape index (κ3) is 0.844. The van der Waals surface area contributed by atoms with Crippen molar-refractivity contribution in [2.24, 2.45) is 0 Å². The molecule has 0 radical (unpaired) electrons. The molecule has 1 aromatic heterocycles. The van der Waals surface area contributed by atoms with E-state index in [4.69, 9.17) is 0 Å². The van der Waals surface area contributed by atoms with E-state index >= 15 is 0 Å². The molecule has 0 saturated carbocycles. The van der Waals surface area contributed by atoms with E-state index < -0.39 is 0 Å². The van der Waals surface area contributed by atoms with Crippen molar-refractivity contribution in [2.75, 3.05) is 0 Å². The minimum atomic E-state index is 0.946. The first-order valence-electron chi connectivity index (χ1n) is 3.63. The van der Waals surface area contributed by atoms with Crippen LogP contribution in [0.5, 0.6) is 0 Å². The van der Waals surface area contributed by atoms with Crippen LogP contribution in [0.1, 0.15) is 11.3 Å². The molecule has 2 nitrogen and oxygen atoms in total. The topological polar surface area (TPSA) is 16.1 Å². The summed E-state index contributed by atoms with van der Waals surface area (Å²) in [6, 6.07) is 4.06.